The van der Waals surface area contributed by atoms with E-state index in [2.05, 4.69) is 15.9 Å². The highest BCUT2D eigenvalue weighted by molar-refractivity contribution is 9.10. The van der Waals surface area contributed by atoms with E-state index in [0.29, 0.717) is 30.3 Å². The van der Waals surface area contributed by atoms with Crippen LogP contribution in [0.3, 0.4) is 0 Å². The van der Waals surface area contributed by atoms with Crippen LogP contribution in [0.1, 0.15) is 25.7 Å². The fourth-order valence-corrected chi connectivity index (χ4v) is 3.55. The standard InChI is InChI=1S/C15H13BrO3S/c1-8-5-14(20-9(8)2)15(17)10-6-12-13(7-11(10)16)19-4-3-18-12/h5-7H,3-4H2,1-2H3. The molecular weight excluding hydrogens is 340 g/mol. The van der Waals surface area contributed by atoms with E-state index in [4.69, 9.17) is 9.47 Å². The summed E-state index contributed by atoms with van der Waals surface area (Å²) >= 11 is 4.97. The minimum Gasteiger partial charge on any atom is -0.486 e. The molecule has 0 radical (unpaired) electrons. The third-order valence-electron chi connectivity index (χ3n) is 3.27. The molecule has 2 heterocycles. The number of halogens is 1. The van der Waals surface area contributed by atoms with Crippen LogP contribution in [0, 0.1) is 13.8 Å². The van der Waals surface area contributed by atoms with Gasteiger partial charge in [-0.05, 0) is 53.5 Å². The molecule has 0 saturated carbocycles. The van der Waals surface area contributed by atoms with Gasteiger partial charge in [0, 0.05) is 14.9 Å². The molecule has 0 spiro atoms. The van der Waals surface area contributed by atoms with Crippen LogP contribution in [0.15, 0.2) is 22.7 Å². The Kier molecular flexibility index (Phi) is 3.56. The zero-order valence-electron chi connectivity index (χ0n) is 11.2. The van der Waals surface area contributed by atoms with Crippen molar-refractivity contribution >= 4 is 33.0 Å². The van der Waals surface area contributed by atoms with Crippen molar-refractivity contribution in [3.63, 3.8) is 0 Å². The fraction of sp³-hybridized carbons (Fsp3) is 0.267. The van der Waals surface area contributed by atoms with Gasteiger partial charge in [0.05, 0.1) is 4.88 Å². The van der Waals surface area contributed by atoms with Crippen LogP contribution in [0.5, 0.6) is 11.5 Å². The molecule has 0 atom stereocenters. The lowest BCUT2D eigenvalue weighted by atomic mass is 10.1. The number of carbonyl (C=O) groups is 1. The van der Waals surface area contributed by atoms with Gasteiger partial charge in [-0.15, -0.1) is 11.3 Å². The average molecular weight is 353 g/mol. The molecule has 20 heavy (non-hydrogen) atoms. The smallest absolute Gasteiger partial charge is 0.204 e. The van der Waals surface area contributed by atoms with Gasteiger partial charge in [-0.25, -0.2) is 0 Å². The molecule has 0 fully saturated rings. The van der Waals surface area contributed by atoms with Crippen LogP contribution in [0.25, 0.3) is 0 Å². The largest absolute Gasteiger partial charge is 0.486 e. The summed E-state index contributed by atoms with van der Waals surface area (Å²) in [5.74, 6) is 1.32. The van der Waals surface area contributed by atoms with Crippen molar-refractivity contribution in [1.29, 1.82) is 0 Å². The number of benzene rings is 1. The number of ether oxygens (including phenoxy) is 2. The van der Waals surface area contributed by atoms with E-state index in [0.717, 1.165) is 14.9 Å². The number of hydrogen-bond acceptors (Lipinski definition) is 4. The predicted molar refractivity (Wildman–Crippen MR) is 82.4 cm³/mol. The number of fused-ring (bicyclic) bond motifs is 1. The number of aryl methyl sites for hydroxylation is 2. The Morgan fingerprint density at radius 3 is 2.40 bits per heavy atom. The van der Waals surface area contributed by atoms with Crippen LogP contribution in [-0.2, 0) is 0 Å². The molecule has 0 unspecified atom stereocenters. The maximum Gasteiger partial charge on any atom is 0.204 e. The summed E-state index contributed by atoms with van der Waals surface area (Å²) in [7, 11) is 0. The van der Waals surface area contributed by atoms with Crippen molar-refractivity contribution in [2.75, 3.05) is 13.2 Å². The highest BCUT2D eigenvalue weighted by Gasteiger charge is 2.21. The second-order valence-corrected chi connectivity index (χ2v) is 6.77. The third-order valence-corrected chi connectivity index (χ3v) is 5.07. The number of rotatable bonds is 2. The first-order chi connectivity index (χ1) is 9.56. The molecule has 1 aromatic carbocycles. The van der Waals surface area contributed by atoms with Gasteiger partial charge in [-0.1, -0.05) is 0 Å². The SMILES string of the molecule is Cc1cc(C(=O)c2cc3c(cc2Br)OCCO3)sc1C. The van der Waals surface area contributed by atoms with Gasteiger partial charge in [0.2, 0.25) is 5.78 Å². The Bertz CT molecular complexity index is 671. The van der Waals surface area contributed by atoms with Crippen molar-refractivity contribution in [3.05, 3.63) is 43.6 Å². The third kappa shape index (κ3) is 2.36. The normalized spacial score (nSPS) is 13.3. The van der Waals surface area contributed by atoms with Gasteiger partial charge in [-0.3, -0.25) is 4.79 Å². The zero-order chi connectivity index (χ0) is 14.3. The van der Waals surface area contributed by atoms with Crippen molar-refractivity contribution in [1.82, 2.24) is 0 Å². The Hall–Kier alpha value is -1.33. The molecule has 0 N–H and O–H groups in total. The zero-order valence-corrected chi connectivity index (χ0v) is 13.6. The molecule has 1 aliphatic heterocycles. The molecule has 1 aromatic heterocycles. The average Bonchev–Trinajstić information content (AvgIpc) is 2.77. The molecule has 0 amide bonds. The van der Waals surface area contributed by atoms with Crippen molar-refractivity contribution in [3.8, 4) is 11.5 Å². The first-order valence-electron chi connectivity index (χ1n) is 6.27. The lowest BCUT2D eigenvalue weighted by Gasteiger charge is -2.19. The molecule has 2 aromatic rings. The highest BCUT2D eigenvalue weighted by Crippen LogP contribution is 2.37. The Morgan fingerprint density at radius 1 is 1.15 bits per heavy atom. The molecule has 0 aliphatic carbocycles. The number of ketones is 1. The topological polar surface area (TPSA) is 35.5 Å². The van der Waals surface area contributed by atoms with E-state index in [-0.39, 0.29) is 5.78 Å². The number of hydrogen-bond donors (Lipinski definition) is 0. The second-order valence-electron chi connectivity index (χ2n) is 4.65. The van der Waals surface area contributed by atoms with E-state index in [1.165, 1.54) is 16.2 Å². The maximum absolute atomic E-state index is 12.6. The number of thiophene rings is 1. The van der Waals surface area contributed by atoms with Crippen molar-refractivity contribution in [2.45, 2.75) is 13.8 Å². The van der Waals surface area contributed by atoms with E-state index in [9.17, 15) is 4.79 Å². The minimum absolute atomic E-state index is 0.00930. The Morgan fingerprint density at radius 2 is 1.80 bits per heavy atom. The van der Waals surface area contributed by atoms with Crippen molar-refractivity contribution in [2.24, 2.45) is 0 Å². The summed E-state index contributed by atoms with van der Waals surface area (Å²) < 4.78 is 11.8. The number of carbonyl (C=O) groups excluding carboxylic acids is 1. The lowest BCUT2D eigenvalue weighted by molar-refractivity contribution is 0.104. The van der Waals surface area contributed by atoms with Gasteiger partial charge in [-0.2, -0.15) is 0 Å². The maximum atomic E-state index is 12.6. The van der Waals surface area contributed by atoms with Crippen molar-refractivity contribution < 1.29 is 14.3 Å². The van der Waals surface area contributed by atoms with Gasteiger partial charge >= 0.3 is 0 Å². The summed E-state index contributed by atoms with van der Waals surface area (Å²) in [6.45, 7) is 5.09. The molecular formula is C15H13BrO3S. The van der Waals surface area contributed by atoms with E-state index in [1.54, 1.807) is 12.1 Å². The lowest BCUT2D eigenvalue weighted by Crippen LogP contribution is -2.16. The molecule has 1 aliphatic rings. The van der Waals surface area contributed by atoms with Gasteiger partial charge < -0.3 is 9.47 Å². The van der Waals surface area contributed by atoms with Crippen LogP contribution in [0.4, 0.5) is 0 Å². The molecule has 104 valence electrons. The van der Waals surface area contributed by atoms with Crippen LogP contribution >= 0.6 is 27.3 Å². The minimum atomic E-state index is 0.00930. The molecule has 0 saturated heterocycles. The first-order valence-corrected chi connectivity index (χ1v) is 7.88. The van der Waals surface area contributed by atoms with Crippen LogP contribution < -0.4 is 9.47 Å². The molecule has 5 heteroatoms. The summed E-state index contributed by atoms with van der Waals surface area (Å²) in [5.41, 5.74) is 1.75. The highest BCUT2D eigenvalue weighted by atomic mass is 79.9. The molecule has 3 rings (SSSR count). The Labute approximate surface area is 129 Å². The van der Waals surface area contributed by atoms with E-state index in [1.807, 2.05) is 19.9 Å². The first kappa shape index (κ1) is 13.6. The van der Waals surface area contributed by atoms with E-state index >= 15 is 0 Å². The summed E-state index contributed by atoms with van der Waals surface area (Å²) in [6.07, 6.45) is 0. The van der Waals surface area contributed by atoms with Gasteiger partial charge in [0.15, 0.2) is 11.5 Å². The Balaban J connectivity index is 2.03. The second kappa shape index (κ2) is 5.22. The molecule has 3 nitrogen and oxygen atoms in total. The van der Waals surface area contributed by atoms with Crippen LogP contribution in [0.2, 0.25) is 0 Å². The predicted octanol–water partition coefficient (Wildman–Crippen LogP) is 4.13. The summed E-state index contributed by atoms with van der Waals surface area (Å²) in [5, 5.41) is 0. The van der Waals surface area contributed by atoms with E-state index < -0.39 is 0 Å². The quantitative estimate of drug-likeness (QED) is 0.762. The van der Waals surface area contributed by atoms with Gasteiger partial charge in [0.25, 0.3) is 0 Å². The summed E-state index contributed by atoms with van der Waals surface area (Å²) in [4.78, 5) is 14.5. The fourth-order valence-electron chi connectivity index (χ4n) is 2.06. The summed E-state index contributed by atoms with van der Waals surface area (Å²) in [6, 6.07) is 5.49. The van der Waals surface area contributed by atoms with Crippen LogP contribution in [-0.4, -0.2) is 19.0 Å². The molecule has 0 bridgehead atoms. The monoisotopic (exact) mass is 352 g/mol. The van der Waals surface area contributed by atoms with Gasteiger partial charge in [0.1, 0.15) is 13.2 Å².